The highest BCUT2D eigenvalue weighted by molar-refractivity contribution is 6.42. The number of Topliss-reactive ketones (excluding diaryl/α,β-unsaturated/α-hetero) is 1. The Hall–Kier alpha value is -2.45. The molecule has 0 radical (unpaired) electrons. The van der Waals surface area contributed by atoms with Crippen LogP contribution in [0.4, 0.5) is 5.69 Å². The van der Waals surface area contributed by atoms with E-state index in [-0.39, 0.29) is 12.1 Å². The average Bonchev–Trinajstić information content (AvgIpc) is 2.83. The van der Waals surface area contributed by atoms with Gasteiger partial charge in [-0.1, -0.05) is 62.2 Å². The van der Waals surface area contributed by atoms with Crippen LogP contribution in [0.2, 0.25) is 10.0 Å². The third-order valence-corrected chi connectivity index (χ3v) is 6.65. The maximum atomic E-state index is 13.1. The summed E-state index contributed by atoms with van der Waals surface area (Å²) in [4.78, 5) is 39.5. The highest BCUT2D eigenvalue weighted by Crippen LogP contribution is 2.27. The zero-order valence-corrected chi connectivity index (χ0v) is 20.9. The second kappa shape index (κ2) is 12.3. The van der Waals surface area contributed by atoms with Gasteiger partial charge in [0.15, 0.2) is 6.29 Å². The van der Waals surface area contributed by atoms with E-state index in [0.717, 1.165) is 0 Å². The molecule has 0 aromatic heterocycles. The van der Waals surface area contributed by atoms with Crippen LogP contribution in [0.3, 0.4) is 0 Å². The van der Waals surface area contributed by atoms with E-state index >= 15 is 0 Å². The van der Waals surface area contributed by atoms with E-state index in [0.29, 0.717) is 40.6 Å². The van der Waals surface area contributed by atoms with Crippen LogP contribution in [0, 0.1) is 0 Å². The van der Waals surface area contributed by atoms with Crippen molar-refractivity contribution in [2.75, 3.05) is 4.90 Å². The molecule has 2 N–H and O–H groups in total. The minimum Gasteiger partial charge on any atom is -0.453 e. The van der Waals surface area contributed by atoms with Crippen molar-refractivity contribution >= 4 is 46.5 Å². The van der Waals surface area contributed by atoms with Gasteiger partial charge in [-0.15, -0.1) is 0 Å². The van der Waals surface area contributed by atoms with Gasteiger partial charge in [-0.3, -0.25) is 9.59 Å². The molecule has 0 aliphatic heterocycles. The van der Waals surface area contributed by atoms with Crippen molar-refractivity contribution in [2.45, 2.75) is 64.9 Å². The molecule has 0 aliphatic rings. The number of esters is 1. The summed E-state index contributed by atoms with van der Waals surface area (Å²) >= 11 is 12.1. The number of anilines is 1. The molecule has 0 heterocycles. The van der Waals surface area contributed by atoms with Crippen molar-refractivity contribution in [1.29, 1.82) is 0 Å². The van der Waals surface area contributed by atoms with Crippen LogP contribution in [0.15, 0.2) is 42.5 Å². The van der Waals surface area contributed by atoms with Gasteiger partial charge >= 0.3 is 5.97 Å². The van der Waals surface area contributed by atoms with E-state index in [9.17, 15) is 24.6 Å². The third-order valence-electron chi connectivity index (χ3n) is 5.91. The Kier molecular flexibility index (Phi) is 10.1. The molecule has 0 saturated carbocycles. The van der Waals surface area contributed by atoms with E-state index in [1.807, 2.05) is 20.8 Å². The van der Waals surface area contributed by atoms with Crippen LogP contribution in [0.25, 0.3) is 0 Å². The van der Waals surface area contributed by atoms with E-state index in [1.54, 1.807) is 18.2 Å². The summed E-state index contributed by atoms with van der Waals surface area (Å²) in [5.41, 5.74) is 0.536. The number of aliphatic hydroxyl groups excluding tert-OH is 1. The molecule has 0 unspecified atom stereocenters. The number of ketones is 1. The van der Waals surface area contributed by atoms with Crippen LogP contribution >= 0.6 is 23.2 Å². The number of carbonyl (C=O) groups excluding carboxylic acids is 3. The maximum absolute atomic E-state index is 13.1. The zero-order valence-electron chi connectivity index (χ0n) is 19.4. The topological polar surface area (TPSA) is 104 Å². The number of hydrogen-bond donors (Lipinski definition) is 2. The lowest BCUT2D eigenvalue weighted by Gasteiger charge is -2.30. The number of nitrogens with zero attached hydrogens (tertiary/aromatic N) is 1. The molecular weight excluding hydrogens is 481 g/mol. The van der Waals surface area contributed by atoms with Gasteiger partial charge in [0.05, 0.1) is 23.0 Å². The van der Waals surface area contributed by atoms with Crippen molar-refractivity contribution < 1.29 is 29.3 Å². The van der Waals surface area contributed by atoms with Crippen molar-refractivity contribution in [1.82, 2.24) is 0 Å². The molecule has 2 aromatic carbocycles. The van der Waals surface area contributed by atoms with Gasteiger partial charge in [-0.05, 0) is 49.1 Å². The van der Waals surface area contributed by atoms with Crippen molar-refractivity contribution in [3.63, 3.8) is 0 Å². The Balaban J connectivity index is 2.28. The first-order valence-corrected chi connectivity index (χ1v) is 11.8. The molecule has 0 spiro atoms. The van der Waals surface area contributed by atoms with Crippen LogP contribution in [-0.2, 0) is 25.7 Å². The van der Waals surface area contributed by atoms with E-state index in [4.69, 9.17) is 27.9 Å². The summed E-state index contributed by atoms with van der Waals surface area (Å²) in [5, 5.41) is 19.3. The molecule has 0 atom stereocenters. The summed E-state index contributed by atoms with van der Waals surface area (Å²) < 4.78 is 5.48. The van der Waals surface area contributed by atoms with Crippen molar-refractivity contribution in [2.24, 2.45) is 0 Å². The third kappa shape index (κ3) is 7.03. The predicted molar refractivity (Wildman–Crippen MR) is 131 cm³/mol. The van der Waals surface area contributed by atoms with Crippen molar-refractivity contribution in [3.8, 4) is 0 Å². The molecule has 9 heteroatoms. The monoisotopic (exact) mass is 509 g/mol. The molecule has 0 bridgehead atoms. The number of benzene rings is 2. The average molecular weight is 510 g/mol. The SMILES string of the molecule is CCC(CC)(CC)OC(=O)C(=O)CC(=O)N(Cc1ccc(Cl)c(Cl)c1)c1ccc(C(O)O)cc1. The fourth-order valence-corrected chi connectivity index (χ4v) is 3.82. The number of hydrogen-bond acceptors (Lipinski definition) is 6. The number of halogens is 2. The predicted octanol–water partition coefficient (Wildman–Crippen LogP) is 4.98. The van der Waals surface area contributed by atoms with Gasteiger partial charge in [-0.2, -0.15) is 0 Å². The standard InChI is InChI=1S/C25H29Cl2NO6/c1-4-25(5-2,6-3)34-24(33)21(29)14-22(30)28(15-16-7-12-19(26)20(27)13-16)18-10-8-17(9-11-18)23(31)32/h7-13,23,31-32H,4-6,14-15H2,1-3H3. The number of rotatable bonds is 11. The largest absolute Gasteiger partial charge is 0.453 e. The van der Waals surface area contributed by atoms with Crippen LogP contribution in [0.5, 0.6) is 0 Å². The first-order valence-electron chi connectivity index (χ1n) is 11.0. The number of aliphatic hydroxyl groups is 2. The fraction of sp³-hybridized carbons (Fsp3) is 0.400. The Morgan fingerprint density at radius 1 is 0.941 bits per heavy atom. The van der Waals surface area contributed by atoms with Crippen molar-refractivity contribution in [3.05, 3.63) is 63.6 Å². The molecule has 2 rings (SSSR count). The van der Waals surface area contributed by atoms with Crippen LogP contribution in [0.1, 0.15) is 63.9 Å². The van der Waals surface area contributed by atoms with E-state index in [2.05, 4.69) is 0 Å². The number of amides is 1. The Bertz CT molecular complexity index is 1010. The van der Waals surface area contributed by atoms with Gasteiger partial charge in [0, 0.05) is 11.3 Å². The Morgan fingerprint density at radius 3 is 2.03 bits per heavy atom. The second-order valence-electron chi connectivity index (χ2n) is 7.93. The van der Waals surface area contributed by atoms with Gasteiger partial charge in [0.25, 0.3) is 0 Å². The normalized spacial score (nSPS) is 11.4. The summed E-state index contributed by atoms with van der Waals surface area (Å²) in [6, 6.07) is 10.8. The smallest absolute Gasteiger partial charge is 0.375 e. The minimum absolute atomic E-state index is 0.0435. The Morgan fingerprint density at radius 2 is 1.53 bits per heavy atom. The summed E-state index contributed by atoms with van der Waals surface area (Å²) in [7, 11) is 0. The quantitative estimate of drug-likeness (QED) is 0.191. The summed E-state index contributed by atoms with van der Waals surface area (Å²) in [6.07, 6.45) is -0.684. The summed E-state index contributed by atoms with van der Waals surface area (Å²) in [6.45, 7) is 5.67. The molecule has 2 aromatic rings. The molecule has 184 valence electrons. The summed E-state index contributed by atoms with van der Waals surface area (Å²) in [5.74, 6) is -2.60. The fourth-order valence-electron chi connectivity index (χ4n) is 3.50. The number of ether oxygens (including phenoxy) is 1. The van der Waals surface area contributed by atoms with Crippen LogP contribution < -0.4 is 4.90 Å². The number of carbonyl (C=O) groups is 3. The molecule has 7 nitrogen and oxygen atoms in total. The zero-order chi connectivity index (χ0) is 25.5. The minimum atomic E-state index is -1.67. The van der Waals surface area contributed by atoms with E-state index < -0.39 is 36.0 Å². The highest BCUT2D eigenvalue weighted by atomic mass is 35.5. The Labute approximate surface area is 209 Å². The first-order chi connectivity index (χ1) is 16.1. The lowest BCUT2D eigenvalue weighted by molar-refractivity contribution is -0.167. The molecule has 0 aliphatic carbocycles. The molecule has 0 saturated heterocycles. The van der Waals surface area contributed by atoms with Gasteiger partial charge in [-0.25, -0.2) is 4.79 Å². The lowest BCUT2D eigenvalue weighted by Crippen LogP contribution is -2.38. The second-order valence-corrected chi connectivity index (χ2v) is 8.74. The molecular formula is C25H29Cl2NO6. The lowest BCUT2D eigenvalue weighted by atomic mass is 9.94. The molecule has 1 amide bonds. The van der Waals surface area contributed by atoms with Crippen LogP contribution in [-0.4, -0.2) is 33.5 Å². The van der Waals surface area contributed by atoms with E-state index in [1.165, 1.54) is 29.2 Å². The first kappa shape index (κ1) is 27.8. The van der Waals surface area contributed by atoms with Gasteiger partial charge in [0.2, 0.25) is 11.7 Å². The van der Waals surface area contributed by atoms with Gasteiger partial charge < -0.3 is 19.8 Å². The maximum Gasteiger partial charge on any atom is 0.375 e. The molecule has 34 heavy (non-hydrogen) atoms. The highest BCUT2D eigenvalue weighted by Gasteiger charge is 2.33. The van der Waals surface area contributed by atoms with Gasteiger partial charge in [0.1, 0.15) is 5.60 Å². The molecule has 0 fully saturated rings.